The van der Waals surface area contributed by atoms with Crippen molar-refractivity contribution in [2.45, 2.75) is 12.8 Å². The molecule has 2 aromatic rings. The first kappa shape index (κ1) is 16.5. The predicted molar refractivity (Wildman–Crippen MR) is 94.3 cm³/mol. The fourth-order valence-electron chi connectivity index (χ4n) is 1.91. The van der Waals surface area contributed by atoms with Gasteiger partial charge in [0.25, 0.3) is 0 Å². The van der Waals surface area contributed by atoms with Crippen molar-refractivity contribution in [1.29, 1.82) is 0 Å². The average Bonchev–Trinajstić information content (AvgIpc) is 2.55. The van der Waals surface area contributed by atoms with E-state index in [4.69, 9.17) is 4.74 Å². The summed E-state index contributed by atoms with van der Waals surface area (Å²) in [5, 5.41) is 2.78. The van der Waals surface area contributed by atoms with E-state index in [0.717, 1.165) is 9.26 Å². The SMILES string of the molecule is COc1ccc(C(=O)CCC(=O)Nc2ccc(I)cc2)cc1. The van der Waals surface area contributed by atoms with Crippen molar-refractivity contribution in [3.63, 3.8) is 0 Å². The number of Topliss-reactive ketones (excluding diaryl/α,β-unsaturated/α-hetero) is 1. The Bertz CT molecular complexity index is 651. The first-order chi connectivity index (χ1) is 10.6. The number of carbonyl (C=O) groups excluding carboxylic acids is 2. The molecule has 0 aliphatic carbocycles. The lowest BCUT2D eigenvalue weighted by atomic mass is 10.1. The summed E-state index contributed by atoms with van der Waals surface area (Å²) >= 11 is 2.20. The van der Waals surface area contributed by atoms with Crippen LogP contribution in [0.5, 0.6) is 5.75 Å². The lowest BCUT2D eigenvalue weighted by Gasteiger charge is -2.06. The maximum Gasteiger partial charge on any atom is 0.224 e. The van der Waals surface area contributed by atoms with Gasteiger partial charge in [-0.15, -0.1) is 0 Å². The second-order valence-electron chi connectivity index (χ2n) is 4.71. The number of anilines is 1. The van der Waals surface area contributed by atoms with Crippen LogP contribution >= 0.6 is 22.6 Å². The normalized spacial score (nSPS) is 10.1. The van der Waals surface area contributed by atoms with Gasteiger partial charge in [-0.05, 0) is 71.1 Å². The minimum atomic E-state index is -0.164. The molecule has 5 heteroatoms. The number of amides is 1. The maximum atomic E-state index is 12.0. The van der Waals surface area contributed by atoms with Crippen LogP contribution in [0.2, 0.25) is 0 Å². The third-order valence-electron chi connectivity index (χ3n) is 3.12. The third kappa shape index (κ3) is 4.84. The summed E-state index contributed by atoms with van der Waals surface area (Å²) in [7, 11) is 1.58. The third-order valence-corrected chi connectivity index (χ3v) is 3.84. The molecule has 0 unspecified atom stereocenters. The van der Waals surface area contributed by atoms with Crippen molar-refractivity contribution < 1.29 is 14.3 Å². The molecular weight excluding hydrogens is 393 g/mol. The Morgan fingerprint density at radius 2 is 1.64 bits per heavy atom. The highest BCUT2D eigenvalue weighted by Gasteiger charge is 2.09. The zero-order valence-electron chi connectivity index (χ0n) is 12.1. The van der Waals surface area contributed by atoms with Crippen molar-refractivity contribution >= 4 is 40.0 Å². The van der Waals surface area contributed by atoms with Gasteiger partial charge in [0.1, 0.15) is 5.75 Å². The van der Waals surface area contributed by atoms with Gasteiger partial charge in [0.15, 0.2) is 5.78 Å². The van der Waals surface area contributed by atoms with Crippen molar-refractivity contribution in [3.8, 4) is 5.75 Å². The highest BCUT2D eigenvalue weighted by molar-refractivity contribution is 14.1. The summed E-state index contributed by atoms with van der Waals surface area (Å²) in [5.74, 6) is 0.483. The van der Waals surface area contributed by atoms with Crippen molar-refractivity contribution in [1.82, 2.24) is 0 Å². The summed E-state index contributed by atoms with van der Waals surface area (Å²) in [4.78, 5) is 23.9. The van der Waals surface area contributed by atoms with Gasteiger partial charge in [0.2, 0.25) is 5.91 Å². The number of carbonyl (C=O) groups is 2. The van der Waals surface area contributed by atoms with E-state index in [0.29, 0.717) is 11.3 Å². The summed E-state index contributed by atoms with van der Waals surface area (Å²) in [6.07, 6.45) is 0.347. The molecule has 0 aromatic heterocycles. The Morgan fingerprint density at radius 3 is 2.23 bits per heavy atom. The van der Waals surface area contributed by atoms with Crippen LogP contribution in [0, 0.1) is 3.57 Å². The number of benzene rings is 2. The Morgan fingerprint density at radius 1 is 1.00 bits per heavy atom. The van der Waals surface area contributed by atoms with E-state index in [2.05, 4.69) is 27.9 Å². The standard InChI is InChI=1S/C17H16INO3/c1-22-15-8-2-12(3-9-15)16(20)10-11-17(21)19-14-6-4-13(18)5-7-14/h2-9H,10-11H2,1H3,(H,19,21). The number of hydrogen-bond donors (Lipinski definition) is 1. The number of methoxy groups -OCH3 is 1. The topological polar surface area (TPSA) is 55.4 Å². The number of halogens is 1. The number of nitrogens with one attached hydrogen (secondary N) is 1. The summed E-state index contributed by atoms with van der Waals surface area (Å²) < 4.78 is 6.15. The lowest BCUT2D eigenvalue weighted by molar-refractivity contribution is -0.116. The molecule has 2 aromatic carbocycles. The van der Waals surface area contributed by atoms with Crippen LogP contribution in [-0.2, 0) is 4.79 Å². The largest absolute Gasteiger partial charge is 0.497 e. The number of hydrogen-bond acceptors (Lipinski definition) is 3. The summed E-state index contributed by atoms with van der Waals surface area (Å²) in [6, 6.07) is 14.4. The van der Waals surface area contributed by atoms with Gasteiger partial charge in [0, 0.05) is 27.7 Å². The van der Waals surface area contributed by atoms with Crippen LogP contribution in [0.1, 0.15) is 23.2 Å². The Balaban J connectivity index is 1.84. The minimum Gasteiger partial charge on any atom is -0.497 e. The zero-order chi connectivity index (χ0) is 15.9. The van der Waals surface area contributed by atoms with E-state index in [1.807, 2.05) is 24.3 Å². The second kappa shape index (κ2) is 7.93. The maximum absolute atomic E-state index is 12.0. The van der Waals surface area contributed by atoms with E-state index < -0.39 is 0 Å². The van der Waals surface area contributed by atoms with Gasteiger partial charge in [-0.1, -0.05) is 0 Å². The van der Waals surface area contributed by atoms with E-state index in [1.54, 1.807) is 31.4 Å². The number of rotatable bonds is 6. The first-order valence-electron chi connectivity index (χ1n) is 6.81. The van der Waals surface area contributed by atoms with Crippen LogP contribution in [-0.4, -0.2) is 18.8 Å². The molecule has 1 amide bonds. The molecule has 0 spiro atoms. The van der Waals surface area contributed by atoms with Crippen LogP contribution in [0.25, 0.3) is 0 Å². The summed E-state index contributed by atoms with van der Waals surface area (Å²) in [5.41, 5.74) is 1.32. The van der Waals surface area contributed by atoms with Crippen LogP contribution < -0.4 is 10.1 Å². The Kier molecular flexibility index (Phi) is 5.94. The van der Waals surface area contributed by atoms with Crippen LogP contribution in [0.15, 0.2) is 48.5 Å². The second-order valence-corrected chi connectivity index (χ2v) is 5.95. The molecule has 4 nitrogen and oxygen atoms in total. The highest BCUT2D eigenvalue weighted by Crippen LogP contribution is 2.14. The Hall–Kier alpha value is -1.89. The van der Waals surface area contributed by atoms with Gasteiger partial charge < -0.3 is 10.1 Å². The Labute approximate surface area is 143 Å². The van der Waals surface area contributed by atoms with Crippen molar-refractivity contribution in [3.05, 3.63) is 57.7 Å². The molecular formula is C17H16INO3. The molecule has 0 saturated heterocycles. The molecule has 1 N–H and O–H groups in total. The molecule has 0 saturated carbocycles. The number of ketones is 1. The van der Waals surface area contributed by atoms with Gasteiger partial charge in [-0.3, -0.25) is 9.59 Å². The van der Waals surface area contributed by atoms with Gasteiger partial charge in [-0.2, -0.15) is 0 Å². The van der Waals surface area contributed by atoms with E-state index in [1.165, 1.54) is 0 Å². The molecule has 0 fully saturated rings. The molecule has 0 atom stereocenters. The zero-order valence-corrected chi connectivity index (χ0v) is 14.3. The molecule has 0 heterocycles. The van der Waals surface area contributed by atoms with Gasteiger partial charge in [-0.25, -0.2) is 0 Å². The fourth-order valence-corrected chi connectivity index (χ4v) is 2.26. The highest BCUT2D eigenvalue weighted by atomic mass is 127. The molecule has 22 heavy (non-hydrogen) atoms. The quantitative estimate of drug-likeness (QED) is 0.582. The molecule has 0 aliphatic rings. The van der Waals surface area contributed by atoms with Crippen molar-refractivity contribution in [2.75, 3.05) is 12.4 Å². The molecule has 2 rings (SSSR count). The fraction of sp³-hybridized carbons (Fsp3) is 0.176. The predicted octanol–water partition coefficient (Wildman–Crippen LogP) is 3.90. The van der Waals surface area contributed by atoms with E-state index in [-0.39, 0.29) is 24.5 Å². The minimum absolute atomic E-state index is 0.0552. The molecule has 0 bridgehead atoms. The summed E-state index contributed by atoms with van der Waals surface area (Å²) in [6.45, 7) is 0. The molecule has 0 aliphatic heterocycles. The lowest BCUT2D eigenvalue weighted by Crippen LogP contribution is -2.13. The van der Waals surface area contributed by atoms with Gasteiger partial charge >= 0.3 is 0 Å². The smallest absolute Gasteiger partial charge is 0.224 e. The van der Waals surface area contributed by atoms with E-state index >= 15 is 0 Å². The van der Waals surface area contributed by atoms with Crippen LogP contribution in [0.4, 0.5) is 5.69 Å². The number of ether oxygens (including phenoxy) is 1. The first-order valence-corrected chi connectivity index (χ1v) is 7.89. The molecule has 114 valence electrons. The average molecular weight is 409 g/mol. The monoisotopic (exact) mass is 409 g/mol. The van der Waals surface area contributed by atoms with E-state index in [9.17, 15) is 9.59 Å². The molecule has 0 radical (unpaired) electrons. The van der Waals surface area contributed by atoms with Crippen molar-refractivity contribution in [2.24, 2.45) is 0 Å². The van der Waals surface area contributed by atoms with Crippen LogP contribution in [0.3, 0.4) is 0 Å². The van der Waals surface area contributed by atoms with Gasteiger partial charge in [0.05, 0.1) is 7.11 Å².